The fraction of sp³-hybridized carbons (Fsp3) is 0.909. The van der Waals surface area contributed by atoms with Crippen LogP contribution in [-0.4, -0.2) is 42.8 Å². The summed E-state index contributed by atoms with van der Waals surface area (Å²) in [5.41, 5.74) is 6.02. The third-order valence-electron chi connectivity index (χ3n) is 3.65. The maximum absolute atomic E-state index is 6.02. The molecule has 0 spiro atoms. The van der Waals surface area contributed by atoms with E-state index in [9.17, 15) is 0 Å². The molecule has 3 heteroatoms. The molecule has 3 nitrogen and oxygen atoms in total. The molecule has 0 radical (unpaired) electrons. The largest absolute Gasteiger partial charge is 0.328 e. The van der Waals surface area contributed by atoms with Crippen molar-refractivity contribution in [3.63, 3.8) is 0 Å². The Balaban J connectivity index is 1.84. The van der Waals surface area contributed by atoms with Gasteiger partial charge in [0.1, 0.15) is 0 Å². The lowest BCUT2D eigenvalue weighted by Crippen LogP contribution is -2.47. The van der Waals surface area contributed by atoms with E-state index in [1.165, 1.54) is 32.2 Å². The van der Waals surface area contributed by atoms with Crippen LogP contribution in [0.3, 0.4) is 0 Å². The number of rotatable bonds is 4. The summed E-state index contributed by atoms with van der Waals surface area (Å²) in [5.74, 6) is 0. The molecule has 3 atom stereocenters. The van der Waals surface area contributed by atoms with Crippen molar-refractivity contribution in [2.75, 3.05) is 13.1 Å². The van der Waals surface area contributed by atoms with Crippen molar-refractivity contribution in [1.82, 2.24) is 4.90 Å². The SMILES string of the molecule is C=NCCCN1[C@@H]2CC[C@H]1C[C@H](N)C2. The molecule has 2 fully saturated rings. The Morgan fingerprint density at radius 2 is 1.93 bits per heavy atom. The molecule has 14 heavy (non-hydrogen) atoms. The highest BCUT2D eigenvalue weighted by molar-refractivity contribution is 5.23. The van der Waals surface area contributed by atoms with Gasteiger partial charge in [-0.15, -0.1) is 0 Å². The molecule has 2 rings (SSSR count). The van der Waals surface area contributed by atoms with Crippen LogP contribution in [-0.2, 0) is 0 Å². The second-order valence-corrected chi connectivity index (χ2v) is 4.66. The van der Waals surface area contributed by atoms with Gasteiger partial charge in [0.15, 0.2) is 0 Å². The lowest BCUT2D eigenvalue weighted by molar-refractivity contribution is 0.127. The van der Waals surface area contributed by atoms with Crippen LogP contribution in [0.4, 0.5) is 0 Å². The molecule has 0 aromatic rings. The molecule has 0 aliphatic carbocycles. The van der Waals surface area contributed by atoms with E-state index in [0.29, 0.717) is 6.04 Å². The van der Waals surface area contributed by atoms with Gasteiger partial charge in [0.2, 0.25) is 0 Å². The second kappa shape index (κ2) is 4.41. The number of aliphatic imine (C=N–C) groups is 1. The number of piperidine rings is 1. The van der Waals surface area contributed by atoms with Gasteiger partial charge in [-0.1, -0.05) is 0 Å². The maximum atomic E-state index is 6.02. The molecule has 0 amide bonds. The zero-order valence-corrected chi connectivity index (χ0v) is 8.86. The van der Waals surface area contributed by atoms with E-state index in [1.54, 1.807) is 0 Å². The molecule has 2 bridgehead atoms. The lowest BCUT2D eigenvalue weighted by atomic mass is 9.98. The van der Waals surface area contributed by atoms with Gasteiger partial charge in [-0.05, 0) is 38.8 Å². The monoisotopic (exact) mass is 195 g/mol. The Morgan fingerprint density at radius 3 is 2.50 bits per heavy atom. The van der Waals surface area contributed by atoms with Crippen molar-refractivity contribution >= 4 is 6.72 Å². The first kappa shape index (κ1) is 10.1. The van der Waals surface area contributed by atoms with E-state index >= 15 is 0 Å². The van der Waals surface area contributed by atoms with E-state index in [1.807, 2.05) is 0 Å². The molecule has 2 aliphatic rings. The smallest absolute Gasteiger partial charge is 0.0394 e. The zero-order valence-electron chi connectivity index (χ0n) is 8.86. The lowest BCUT2D eigenvalue weighted by Gasteiger charge is -2.37. The molecule has 0 saturated carbocycles. The first-order valence-corrected chi connectivity index (χ1v) is 5.75. The van der Waals surface area contributed by atoms with Crippen LogP contribution in [0.5, 0.6) is 0 Å². The van der Waals surface area contributed by atoms with Crippen molar-refractivity contribution in [1.29, 1.82) is 0 Å². The first-order chi connectivity index (χ1) is 6.81. The van der Waals surface area contributed by atoms with E-state index in [2.05, 4.69) is 16.6 Å². The van der Waals surface area contributed by atoms with Gasteiger partial charge >= 0.3 is 0 Å². The van der Waals surface area contributed by atoms with Crippen molar-refractivity contribution in [3.8, 4) is 0 Å². The summed E-state index contributed by atoms with van der Waals surface area (Å²) in [7, 11) is 0. The molecule has 2 aliphatic heterocycles. The van der Waals surface area contributed by atoms with Gasteiger partial charge in [0.05, 0.1) is 0 Å². The Labute approximate surface area is 86.4 Å². The van der Waals surface area contributed by atoms with Crippen molar-refractivity contribution in [2.24, 2.45) is 10.7 Å². The minimum atomic E-state index is 0.460. The number of nitrogens with zero attached hydrogens (tertiary/aromatic N) is 2. The standard InChI is InChI=1S/C11H21N3/c1-13-5-2-6-14-10-3-4-11(14)8-9(12)7-10/h9-11H,1-8,12H2/t9-,10-,11+. The Kier molecular flexibility index (Phi) is 3.19. The minimum Gasteiger partial charge on any atom is -0.328 e. The molecule has 80 valence electrons. The summed E-state index contributed by atoms with van der Waals surface area (Å²) in [6.07, 6.45) is 6.29. The topological polar surface area (TPSA) is 41.6 Å². The average Bonchev–Trinajstić information content (AvgIpc) is 2.42. The molecule has 2 N–H and O–H groups in total. The third kappa shape index (κ3) is 1.98. The zero-order chi connectivity index (χ0) is 9.97. The van der Waals surface area contributed by atoms with Gasteiger partial charge in [-0.3, -0.25) is 4.90 Å². The number of hydrogen-bond acceptors (Lipinski definition) is 3. The highest BCUT2D eigenvalue weighted by atomic mass is 15.2. The van der Waals surface area contributed by atoms with Crippen LogP contribution in [0.1, 0.15) is 32.1 Å². The van der Waals surface area contributed by atoms with E-state index in [0.717, 1.165) is 25.0 Å². The Morgan fingerprint density at radius 1 is 1.29 bits per heavy atom. The minimum absolute atomic E-state index is 0.460. The molecule has 2 heterocycles. The van der Waals surface area contributed by atoms with Crippen LogP contribution in [0.15, 0.2) is 4.99 Å². The second-order valence-electron chi connectivity index (χ2n) is 4.66. The molecule has 2 saturated heterocycles. The van der Waals surface area contributed by atoms with Gasteiger partial charge in [-0.2, -0.15) is 0 Å². The van der Waals surface area contributed by atoms with Gasteiger partial charge in [-0.25, -0.2) is 0 Å². The summed E-state index contributed by atoms with van der Waals surface area (Å²) < 4.78 is 0. The summed E-state index contributed by atoms with van der Waals surface area (Å²) in [6, 6.07) is 2.00. The van der Waals surface area contributed by atoms with Gasteiger partial charge in [0, 0.05) is 31.2 Å². The molecule has 0 unspecified atom stereocenters. The van der Waals surface area contributed by atoms with E-state index in [-0.39, 0.29) is 0 Å². The van der Waals surface area contributed by atoms with Crippen molar-refractivity contribution in [3.05, 3.63) is 0 Å². The van der Waals surface area contributed by atoms with E-state index in [4.69, 9.17) is 5.73 Å². The summed E-state index contributed by atoms with van der Waals surface area (Å²) in [5, 5.41) is 0. The molecule has 0 aromatic carbocycles. The Hall–Kier alpha value is -0.410. The molecular formula is C11H21N3. The normalized spacial score (nSPS) is 37.4. The maximum Gasteiger partial charge on any atom is 0.0394 e. The third-order valence-corrected chi connectivity index (χ3v) is 3.65. The van der Waals surface area contributed by atoms with Crippen molar-refractivity contribution in [2.45, 2.75) is 50.2 Å². The fourth-order valence-corrected chi connectivity index (χ4v) is 3.05. The van der Waals surface area contributed by atoms with Crippen molar-refractivity contribution < 1.29 is 0 Å². The van der Waals surface area contributed by atoms with Crippen LogP contribution >= 0.6 is 0 Å². The predicted octanol–water partition coefficient (Wildman–Crippen LogP) is 1.03. The van der Waals surface area contributed by atoms with Crippen LogP contribution in [0, 0.1) is 0 Å². The highest BCUT2D eigenvalue weighted by Crippen LogP contribution is 2.34. The highest BCUT2D eigenvalue weighted by Gasteiger charge is 2.38. The number of nitrogens with two attached hydrogens (primary N) is 1. The van der Waals surface area contributed by atoms with Crippen LogP contribution < -0.4 is 5.73 Å². The quantitative estimate of drug-likeness (QED) is 0.538. The van der Waals surface area contributed by atoms with E-state index < -0.39 is 0 Å². The first-order valence-electron chi connectivity index (χ1n) is 5.75. The van der Waals surface area contributed by atoms with Gasteiger partial charge < -0.3 is 10.7 Å². The average molecular weight is 195 g/mol. The summed E-state index contributed by atoms with van der Waals surface area (Å²) in [6.45, 7) is 5.62. The number of hydrogen-bond donors (Lipinski definition) is 1. The van der Waals surface area contributed by atoms with Crippen LogP contribution in [0.25, 0.3) is 0 Å². The van der Waals surface area contributed by atoms with Gasteiger partial charge in [0.25, 0.3) is 0 Å². The summed E-state index contributed by atoms with van der Waals surface area (Å²) in [4.78, 5) is 6.57. The van der Waals surface area contributed by atoms with Crippen LogP contribution in [0.2, 0.25) is 0 Å². The summed E-state index contributed by atoms with van der Waals surface area (Å²) >= 11 is 0. The Bertz CT molecular complexity index is 191. The number of fused-ring (bicyclic) bond motifs is 2. The predicted molar refractivity (Wildman–Crippen MR) is 59.8 cm³/mol. The molecular weight excluding hydrogens is 174 g/mol. The molecule has 0 aromatic heterocycles. The fourth-order valence-electron chi connectivity index (χ4n) is 3.05.